The van der Waals surface area contributed by atoms with Gasteiger partial charge in [0.1, 0.15) is 0 Å². The molecule has 78 valence electrons. The van der Waals surface area contributed by atoms with Gasteiger partial charge in [-0.25, -0.2) is 0 Å². The van der Waals surface area contributed by atoms with Crippen molar-refractivity contribution in [1.29, 1.82) is 0 Å². The Balaban J connectivity index is 3.05. The molecule has 0 N–H and O–H groups in total. The van der Waals surface area contributed by atoms with Crippen molar-refractivity contribution in [2.75, 3.05) is 0 Å². The summed E-state index contributed by atoms with van der Waals surface area (Å²) in [4.78, 5) is 11.7. The number of hydrogen-bond acceptors (Lipinski definition) is 1. The highest BCUT2D eigenvalue weighted by atomic mass is 79.9. The molecule has 15 heavy (non-hydrogen) atoms. The average molecular weight is 331 g/mol. The van der Waals surface area contributed by atoms with Gasteiger partial charge in [0.2, 0.25) is 0 Å². The van der Waals surface area contributed by atoms with Crippen molar-refractivity contribution in [2.24, 2.45) is 7.05 Å². The van der Waals surface area contributed by atoms with Gasteiger partial charge in [0, 0.05) is 26.9 Å². The van der Waals surface area contributed by atoms with E-state index < -0.39 is 0 Å². The average Bonchev–Trinajstić information content (AvgIpc) is 2.17. The fraction of sp³-hybridized carbons (Fsp3) is 0.182. The third kappa shape index (κ3) is 1.76. The van der Waals surface area contributed by atoms with Crippen LogP contribution in [-0.4, -0.2) is 4.57 Å². The summed E-state index contributed by atoms with van der Waals surface area (Å²) < 4.78 is 3.62. The van der Waals surface area contributed by atoms with Gasteiger partial charge in [-0.15, -0.1) is 0 Å². The third-order valence-corrected chi connectivity index (χ3v) is 3.55. The number of halogens is 2. The van der Waals surface area contributed by atoms with Gasteiger partial charge >= 0.3 is 0 Å². The number of benzene rings is 1. The molecular formula is C11H9Br2NO. The van der Waals surface area contributed by atoms with Crippen molar-refractivity contribution < 1.29 is 0 Å². The minimum Gasteiger partial charge on any atom is -0.311 e. The SMILES string of the molecule is Cc1cc2c(Br)cc(Br)cc2n(C)c1=O. The van der Waals surface area contributed by atoms with Gasteiger partial charge in [-0.05, 0) is 25.1 Å². The Bertz CT molecular complexity index is 602. The zero-order valence-electron chi connectivity index (χ0n) is 8.34. The van der Waals surface area contributed by atoms with Crippen LogP contribution in [0.3, 0.4) is 0 Å². The second kappa shape index (κ2) is 3.76. The third-order valence-electron chi connectivity index (χ3n) is 2.44. The summed E-state index contributed by atoms with van der Waals surface area (Å²) in [5, 5.41) is 1.05. The Hall–Kier alpha value is -0.610. The molecule has 0 unspecified atom stereocenters. The summed E-state index contributed by atoms with van der Waals surface area (Å²) in [5.74, 6) is 0. The summed E-state index contributed by atoms with van der Waals surface area (Å²) in [5.41, 5.74) is 1.73. The first kappa shape index (κ1) is 10.9. The van der Waals surface area contributed by atoms with E-state index in [1.54, 1.807) is 11.6 Å². The van der Waals surface area contributed by atoms with E-state index >= 15 is 0 Å². The molecule has 0 bridgehead atoms. The van der Waals surface area contributed by atoms with Crippen LogP contribution in [0.25, 0.3) is 10.9 Å². The van der Waals surface area contributed by atoms with E-state index in [1.807, 2.05) is 25.1 Å². The summed E-state index contributed by atoms with van der Waals surface area (Å²) in [7, 11) is 1.79. The largest absolute Gasteiger partial charge is 0.311 e. The summed E-state index contributed by atoms with van der Waals surface area (Å²) in [6.45, 7) is 1.83. The first-order valence-electron chi connectivity index (χ1n) is 4.46. The van der Waals surface area contributed by atoms with Gasteiger partial charge in [0.25, 0.3) is 5.56 Å². The molecule has 0 saturated carbocycles. The van der Waals surface area contributed by atoms with Crippen LogP contribution < -0.4 is 5.56 Å². The molecule has 1 aromatic heterocycles. The predicted molar refractivity (Wildman–Crippen MR) is 69.3 cm³/mol. The van der Waals surface area contributed by atoms with Crippen LogP contribution in [0.4, 0.5) is 0 Å². The van der Waals surface area contributed by atoms with Gasteiger partial charge in [-0.2, -0.15) is 0 Å². The fourth-order valence-corrected chi connectivity index (χ4v) is 2.96. The molecule has 0 spiro atoms. The molecule has 0 fully saturated rings. The number of pyridine rings is 1. The molecule has 1 aromatic carbocycles. The minimum absolute atomic E-state index is 0.0486. The van der Waals surface area contributed by atoms with E-state index in [2.05, 4.69) is 31.9 Å². The molecule has 0 radical (unpaired) electrons. The van der Waals surface area contributed by atoms with E-state index in [-0.39, 0.29) is 5.56 Å². The van der Waals surface area contributed by atoms with Crippen LogP contribution in [0.1, 0.15) is 5.56 Å². The van der Waals surface area contributed by atoms with Crippen molar-refractivity contribution in [3.8, 4) is 0 Å². The van der Waals surface area contributed by atoms with E-state index in [9.17, 15) is 4.79 Å². The van der Waals surface area contributed by atoms with E-state index in [0.717, 1.165) is 25.4 Å². The monoisotopic (exact) mass is 329 g/mol. The Kier molecular flexibility index (Phi) is 2.73. The van der Waals surface area contributed by atoms with Crippen molar-refractivity contribution in [3.05, 3.63) is 43.1 Å². The van der Waals surface area contributed by atoms with Crippen LogP contribution in [0.5, 0.6) is 0 Å². The van der Waals surface area contributed by atoms with Gasteiger partial charge in [0.05, 0.1) is 5.52 Å². The Labute approximate surface area is 104 Å². The first-order chi connectivity index (χ1) is 7.00. The second-order valence-electron chi connectivity index (χ2n) is 3.51. The molecule has 0 saturated heterocycles. The highest BCUT2D eigenvalue weighted by Gasteiger charge is 2.06. The van der Waals surface area contributed by atoms with Crippen molar-refractivity contribution in [3.63, 3.8) is 0 Å². The smallest absolute Gasteiger partial charge is 0.253 e. The van der Waals surface area contributed by atoms with Gasteiger partial charge in [0.15, 0.2) is 0 Å². The second-order valence-corrected chi connectivity index (χ2v) is 5.28. The quantitative estimate of drug-likeness (QED) is 0.726. The summed E-state index contributed by atoms with van der Waals surface area (Å²) >= 11 is 6.91. The number of aryl methyl sites for hydroxylation is 2. The molecular weight excluding hydrogens is 322 g/mol. The molecule has 0 aliphatic heterocycles. The van der Waals surface area contributed by atoms with E-state index in [4.69, 9.17) is 0 Å². The standard InChI is InChI=1S/C11H9Br2NO/c1-6-3-8-9(13)4-7(12)5-10(8)14(2)11(6)15/h3-5H,1-2H3. The van der Waals surface area contributed by atoms with Crippen molar-refractivity contribution >= 4 is 42.8 Å². The molecule has 4 heteroatoms. The predicted octanol–water partition coefficient (Wildman–Crippen LogP) is 3.37. The molecule has 2 nitrogen and oxygen atoms in total. The van der Waals surface area contributed by atoms with E-state index in [1.165, 1.54) is 0 Å². The number of aromatic nitrogens is 1. The number of fused-ring (bicyclic) bond motifs is 1. The molecule has 0 aliphatic carbocycles. The number of nitrogens with zero attached hydrogens (tertiary/aromatic N) is 1. The minimum atomic E-state index is 0.0486. The van der Waals surface area contributed by atoms with Gasteiger partial charge < -0.3 is 4.57 Å². The number of hydrogen-bond donors (Lipinski definition) is 0. The number of rotatable bonds is 0. The van der Waals surface area contributed by atoms with Gasteiger partial charge in [-0.3, -0.25) is 4.79 Å². The highest BCUT2D eigenvalue weighted by Crippen LogP contribution is 2.27. The molecule has 0 amide bonds. The molecule has 0 atom stereocenters. The Morgan fingerprint density at radius 1 is 1.20 bits per heavy atom. The molecule has 0 aliphatic rings. The lowest BCUT2D eigenvalue weighted by Crippen LogP contribution is -2.19. The van der Waals surface area contributed by atoms with Crippen molar-refractivity contribution in [1.82, 2.24) is 4.57 Å². The van der Waals surface area contributed by atoms with E-state index in [0.29, 0.717) is 0 Å². The summed E-state index contributed by atoms with van der Waals surface area (Å²) in [6, 6.07) is 5.83. The Morgan fingerprint density at radius 2 is 1.87 bits per heavy atom. The lowest BCUT2D eigenvalue weighted by molar-refractivity contribution is 0.892. The maximum absolute atomic E-state index is 11.7. The lowest BCUT2D eigenvalue weighted by atomic mass is 10.1. The van der Waals surface area contributed by atoms with Crippen LogP contribution in [0, 0.1) is 6.92 Å². The van der Waals surface area contributed by atoms with Crippen LogP contribution in [0.2, 0.25) is 0 Å². The lowest BCUT2D eigenvalue weighted by Gasteiger charge is -2.08. The molecule has 1 heterocycles. The van der Waals surface area contributed by atoms with Crippen LogP contribution in [-0.2, 0) is 7.05 Å². The fourth-order valence-electron chi connectivity index (χ4n) is 1.64. The highest BCUT2D eigenvalue weighted by molar-refractivity contribution is 9.11. The maximum Gasteiger partial charge on any atom is 0.253 e. The van der Waals surface area contributed by atoms with Crippen molar-refractivity contribution in [2.45, 2.75) is 6.92 Å². The normalized spacial score (nSPS) is 10.9. The van der Waals surface area contributed by atoms with Gasteiger partial charge in [-0.1, -0.05) is 31.9 Å². The Morgan fingerprint density at radius 3 is 2.53 bits per heavy atom. The first-order valence-corrected chi connectivity index (χ1v) is 6.04. The molecule has 2 aromatic rings. The zero-order valence-corrected chi connectivity index (χ0v) is 11.5. The van der Waals surface area contributed by atoms with Crippen LogP contribution in [0.15, 0.2) is 31.9 Å². The zero-order chi connectivity index (χ0) is 11.2. The topological polar surface area (TPSA) is 22.0 Å². The summed E-state index contributed by atoms with van der Waals surface area (Å²) in [6.07, 6.45) is 0. The van der Waals surface area contributed by atoms with Crippen LogP contribution >= 0.6 is 31.9 Å². The maximum atomic E-state index is 11.7. The molecule has 2 rings (SSSR count).